The second-order valence-electron chi connectivity index (χ2n) is 13.4. The van der Waals surface area contributed by atoms with Gasteiger partial charge in [-0.05, 0) is 91.2 Å². The number of aromatic nitrogens is 1. The summed E-state index contributed by atoms with van der Waals surface area (Å²) in [6.45, 7) is 14.7. The van der Waals surface area contributed by atoms with E-state index in [2.05, 4.69) is 139 Å². The number of rotatable bonds is 8. The van der Waals surface area contributed by atoms with Gasteiger partial charge in [0.1, 0.15) is 5.84 Å². The van der Waals surface area contributed by atoms with E-state index in [4.69, 9.17) is 16.9 Å². The van der Waals surface area contributed by atoms with Gasteiger partial charge in [0.2, 0.25) is 0 Å². The molecule has 0 radical (unpaired) electrons. The van der Waals surface area contributed by atoms with Gasteiger partial charge in [0.05, 0.1) is 29.1 Å². The van der Waals surface area contributed by atoms with Crippen molar-refractivity contribution in [1.82, 2.24) is 4.57 Å². The summed E-state index contributed by atoms with van der Waals surface area (Å²) in [6, 6.07) is 45.9. The molecule has 0 aliphatic carbocycles. The van der Waals surface area contributed by atoms with E-state index >= 15 is 0 Å². The van der Waals surface area contributed by atoms with Crippen LogP contribution in [0.25, 0.3) is 43.7 Å². The highest BCUT2D eigenvalue weighted by Gasteiger charge is 2.26. The molecule has 0 amide bonds. The Kier molecular flexibility index (Phi) is 13.2. The quantitative estimate of drug-likeness (QED) is 0.0817. The summed E-state index contributed by atoms with van der Waals surface area (Å²) in [5.74, 6) is 0.121. The molecule has 1 aliphatic rings. The van der Waals surface area contributed by atoms with Crippen LogP contribution in [0.2, 0.25) is 0 Å². The summed E-state index contributed by atoms with van der Waals surface area (Å²) >= 11 is 1.78. The Hall–Kier alpha value is -6.60. The van der Waals surface area contributed by atoms with Gasteiger partial charge in [-0.15, -0.1) is 0 Å². The zero-order valence-electron chi connectivity index (χ0n) is 32.8. The number of fused-ring (bicyclic) bond motifs is 6. The summed E-state index contributed by atoms with van der Waals surface area (Å²) in [5.41, 5.74) is 21.4. The van der Waals surface area contributed by atoms with Crippen molar-refractivity contribution in [2.75, 3.05) is 4.90 Å². The van der Waals surface area contributed by atoms with E-state index in [1.807, 2.05) is 80.6 Å². The SMILES string of the molecule is C=C/C=C(\C=C/C)N1C(C=C)=C(/C=C\C)Sc2cc(-c3ccc4c(c3)c3c5ccccc5ccc3n4CN)ccc21.Cc1ccccc1.N=C(N)c1ccccc1. The Balaban J connectivity index is 0.000000284. The maximum Gasteiger partial charge on any atom is 0.122 e. The molecule has 5 nitrogen and oxygen atoms in total. The van der Waals surface area contributed by atoms with Crippen LogP contribution in [-0.4, -0.2) is 10.4 Å². The lowest BCUT2D eigenvalue weighted by molar-refractivity contribution is 0.791. The molecule has 0 atom stereocenters. The van der Waals surface area contributed by atoms with Gasteiger partial charge in [0, 0.05) is 31.8 Å². The van der Waals surface area contributed by atoms with Gasteiger partial charge < -0.3 is 20.9 Å². The Morgan fingerprint density at radius 3 is 2.04 bits per heavy atom. The molecule has 57 heavy (non-hydrogen) atoms. The van der Waals surface area contributed by atoms with E-state index < -0.39 is 0 Å². The van der Waals surface area contributed by atoms with Crippen molar-refractivity contribution in [3.05, 3.63) is 217 Å². The average molecular weight is 764 g/mol. The third kappa shape index (κ3) is 8.79. The third-order valence-electron chi connectivity index (χ3n) is 9.61. The molecule has 7 aromatic rings. The number of aryl methyl sites for hydroxylation is 1. The lowest BCUT2D eigenvalue weighted by atomic mass is 9.99. The number of nitrogen functional groups attached to an aromatic ring is 1. The van der Waals surface area contributed by atoms with Crippen molar-refractivity contribution < 1.29 is 0 Å². The lowest BCUT2D eigenvalue weighted by Crippen LogP contribution is -2.23. The van der Waals surface area contributed by atoms with Gasteiger partial charge in [0.15, 0.2) is 0 Å². The van der Waals surface area contributed by atoms with Crippen LogP contribution in [0.1, 0.15) is 25.0 Å². The first kappa shape index (κ1) is 40.1. The highest BCUT2D eigenvalue weighted by Crippen LogP contribution is 2.48. The summed E-state index contributed by atoms with van der Waals surface area (Å²) in [6.07, 6.45) is 14.2. The fraction of sp³-hybridized carbons (Fsp3) is 0.0784. The number of thioether (sulfide) groups is 1. The molecule has 0 saturated heterocycles. The van der Waals surface area contributed by atoms with Gasteiger partial charge in [-0.3, -0.25) is 5.41 Å². The van der Waals surface area contributed by atoms with Crippen molar-refractivity contribution >= 4 is 55.9 Å². The number of anilines is 1. The molecular weight excluding hydrogens is 715 g/mol. The Labute approximate surface area is 340 Å². The van der Waals surface area contributed by atoms with Crippen LogP contribution in [-0.2, 0) is 6.67 Å². The number of hydrogen-bond acceptors (Lipinski definition) is 4. The molecule has 1 aromatic heterocycles. The van der Waals surface area contributed by atoms with Gasteiger partial charge in [-0.2, -0.15) is 0 Å². The normalized spacial score (nSPS) is 12.7. The van der Waals surface area contributed by atoms with E-state index in [1.165, 1.54) is 48.6 Å². The zero-order chi connectivity index (χ0) is 40.3. The van der Waals surface area contributed by atoms with Gasteiger partial charge in [-0.25, -0.2) is 0 Å². The van der Waals surface area contributed by atoms with Crippen LogP contribution >= 0.6 is 11.8 Å². The minimum Gasteiger partial charge on any atom is -0.384 e. The molecule has 5 N–H and O–H groups in total. The standard InChI is InChI=1S/C37H33N3S.C7H8N2.C7H8/c1-5-11-28(12-6-2)40-31(8-4)35(13-7-3)41-36-23-27(18-20-33(36)40)26-17-19-32-30(22-26)37-29-15-10-9-14-25(29)16-21-34(37)39(32)24-38;8-7(9)6-4-2-1-3-5-6;1-7-5-3-2-4-6-7/h5-23H,1,4,24,38H2,2-3H3;1-5H,(H3,8,9);2-6H,1H3/b12-6-,13-7-,28-11+;;. The highest BCUT2D eigenvalue weighted by atomic mass is 32.2. The largest absolute Gasteiger partial charge is 0.384 e. The number of nitrogens with two attached hydrogens (primary N) is 2. The Morgan fingerprint density at radius 1 is 0.754 bits per heavy atom. The molecule has 0 bridgehead atoms. The first-order valence-corrected chi connectivity index (χ1v) is 19.8. The fourth-order valence-corrected chi connectivity index (χ4v) is 8.18. The third-order valence-corrected chi connectivity index (χ3v) is 10.7. The molecule has 284 valence electrons. The predicted molar refractivity (Wildman–Crippen MR) is 249 cm³/mol. The van der Waals surface area contributed by atoms with E-state index in [0.717, 1.165) is 33.1 Å². The monoisotopic (exact) mass is 763 g/mol. The van der Waals surface area contributed by atoms with Crippen LogP contribution in [0.15, 0.2) is 210 Å². The van der Waals surface area contributed by atoms with Crippen molar-refractivity contribution in [1.29, 1.82) is 5.41 Å². The smallest absolute Gasteiger partial charge is 0.122 e. The van der Waals surface area contributed by atoms with Gasteiger partial charge in [-0.1, -0.05) is 158 Å². The van der Waals surface area contributed by atoms with E-state index in [1.54, 1.807) is 11.8 Å². The van der Waals surface area contributed by atoms with Crippen LogP contribution in [0, 0.1) is 12.3 Å². The van der Waals surface area contributed by atoms with E-state index in [9.17, 15) is 0 Å². The number of amidine groups is 1. The molecule has 0 saturated carbocycles. The molecule has 1 aliphatic heterocycles. The maximum absolute atomic E-state index is 7.01. The molecule has 0 fully saturated rings. The number of hydrogen-bond donors (Lipinski definition) is 3. The van der Waals surface area contributed by atoms with Gasteiger partial charge in [0.25, 0.3) is 0 Å². The molecule has 6 aromatic carbocycles. The number of nitrogens with zero attached hydrogens (tertiary/aromatic N) is 2. The summed E-state index contributed by atoms with van der Waals surface area (Å²) in [7, 11) is 0. The van der Waals surface area contributed by atoms with Crippen molar-refractivity contribution in [2.45, 2.75) is 32.3 Å². The van der Waals surface area contributed by atoms with Crippen LogP contribution in [0.4, 0.5) is 5.69 Å². The Morgan fingerprint density at radius 2 is 1.42 bits per heavy atom. The summed E-state index contributed by atoms with van der Waals surface area (Å²) in [4.78, 5) is 4.61. The van der Waals surface area contributed by atoms with Crippen LogP contribution in [0.5, 0.6) is 0 Å². The lowest BCUT2D eigenvalue weighted by Gasteiger charge is -2.34. The molecule has 2 heterocycles. The number of benzene rings is 6. The average Bonchev–Trinajstić information content (AvgIpc) is 3.57. The zero-order valence-corrected chi connectivity index (χ0v) is 33.6. The topological polar surface area (TPSA) is 84.1 Å². The van der Waals surface area contributed by atoms with Crippen LogP contribution < -0.4 is 16.4 Å². The highest BCUT2D eigenvalue weighted by molar-refractivity contribution is 8.03. The first-order chi connectivity index (χ1) is 27.8. The van der Waals surface area contributed by atoms with Crippen molar-refractivity contribution in [2.24, 2.45) is 11.5 Å². The number of allylic oxidation sites excluding steroid dienone is 7. The molecule has 8 rings (SSSR count). The molecule has 0 spiro atoms. The van der Waals surface area contributed by atoms with E-state index in [-0.39, 0.29) is 5.84 Å². The van der Waals surface area contributed by atoms with Crippen molar-refractivity contribution in [3.63, 3.8) is 0 Å². The molecule has 6 heteroatoms. The van der Waals surface area contributed by atoms with E-state index in [0.29, 0.717) is 6.67 Å². The second kappa shape index (κ2) is 18.8. The number of nitrogens with one attached hydrogen (secondary N) is 1. The van der Waals surface area contributed by atoms with Crippen molar-refractivity contribution in [3.8, 4) is 11.1 Å². The maximum atomic E-state index is 7.01. The van der Waals surface area contributed by atoms with Gasteiger partial charge >= 0.3 is 0 Å². The molecular formula is C51H49N5S. The predicted octanol–water partition coefficient (Wildman–Crippen LogP) is 13.0. The first-order valence-electron chi connectivity index (χ1n) is 19.0. The fourth-order valence-electron chi connectivity index (χ4n) is 7.01. The minimum atomic E-state index is 0.121. The molecule has 0 unspecified atom stereocenters. The Bertz CT molecular complexity index is 2680. The second-order valence-corrected chi connectivity index (χ2v) is 14.4. The van der Waals surface area contributed by atoms with Crippen LogP contribution in [0.3, 0.4) is 0 Å². The minimum absolute atomic E-state index is 0.121. The summed E-state index contributed by atoms with van der Waals surface area (Å²) in [5, 5.41) is 12.0. The summed E-state index contributed by atoms with van der Waals surface area (Å²) < 4.78 is 2.21.